The molecule has 3 aliphatic rings. The molecule has 1 aliphatic heterocycles. The molecular formula is C24H33N5O3. The van der Waals surface area contributed by atoms with Crippen molar-refractivity contribution in [1.82, 2.24) is 24.8 Å². The normalized spacial score (nSPS) is 20.8. The second-order valence-corrected chi connectivity index (χ2v) is 9.77. The van der Waals surface area contributed by atoms with Crippen LogP contribution >= 0.6 is 0 Å². The van der Waals surface area contributed by atoms with E-state index in [0.29, 0.717) is 23.7 Å². The summed E-state index contributed by atoms with van der Waals surface area (Å²) in [5, 5.41) is 3.39. The van der Waals surface area contributed by atoms with E-state index < -0.39 is 11.2 Å². The van der Waals surface area contributed by atoms with E-state index in [4.69, 9.17) is 0 Å². The lowest BCUT2D eigenvalue weighted by Crippen LogP contribution is -2.46. The lowest BCUT2D eigenvalue weighted by Gasteiger charge is -2.33. The van der Waals surface area contributed by atoms with Crippen LogP contribution in [0.1, 0.15) is 80.3 Å². The van der Waals surface area contributed by atoms with Crippen molar-refractivity contribution >= 4 is 16.9 Å². The Hall–Kier alpha value is -2.48. The number of carbonyl (C=O) groups excluding carboxylic acids is 1. The topological polar surface area (TPSA) is 100 Å². The number of pyridine rings is 1. The number of likely N-dealkylation sites (tertiary alicyclic amines) is 1. The molecule has 3 fully saturated rings. The van der Waals surface area contributed by atoms with Gasteiger partial charge in [-0.2, -0.15) is 0 Å². The number of amides is 1. The summed E-state index contributed by atoms with van der Waals surface area (Å²) >= 11 is 0. The Kier molecular flexibility index (Phi) is 5.88. The Morgan fingerprint density at radius 3 is 2.50 bits per heavy atom. The summed E-state index contributed by atoms with van der Waals surface area (Å²) in [5.74, 6) is 0.915. The summed E-state index contributed by atoms with van der Waals surface area (Å²) in [6.07, 6.45) is 9.34. The minimum atomic E-state index is -0.541. The molecule has 0 atom stereocenters. The van der Waals surface area contributed by atoms with Gasteiger partial charge in [-0.1, -0.05) is 12.8 Å². The molecule has 8 nitrogen and oxygen atoms in total. The van der Waals surface area contributed by atoms with Crippen LogP contribution in [-0.4, -0.2) is 51.0 Å². The molecule has 5 rings (SSSR count). The van der Waals surface area contributed by atoms with Gasteiger partial charge in [-0.3, -0.25) is 19.1 Å². The van der Waals surface area contributed by atoms with Crippen molar-refractivity contribution in [3.8, 4) is 0 Å². The van der Waals surface area contributed by atoms with Crippen molar-refractivity contribution in [1.29, 1.82) is 0 Å². The number of nitrogens with one attached hydrogen (secondary N) is 2. The first kappa shape index (κ1) is 21.4. The number of hydrogen-bond donors (Lipinski definition) is 2. The molecule has 2 aliphatic carbocycles. The fourth-order valence-electron chi connectivity index (χ4n) is 5.44. The zero-order valence-electron chi connectivity index (χ0n) is 18.9. The van der Waals surface area contributed by atoms with Gasteiger partial charge in [0.1, 0.15) is 0 Å². The highest BCUT2D eigenvalue weighted by atomic mass is 16.2. The van der Waals surface area contributed by atoms with E-state index in [9.17, 15) is 14.4 Å². The smallest absolute Gasteiger partial charge is 0.329 e. The molecule has 32 heavy (non-hydrogen) atoms. The molecule has 0 radical (unpaired) electrons. The van der Waals surface area contributed by atoms with Gasteiger partial charge in [-0.05, 0) is 57.4 Å². The van der Waals surface area contributed by atoms with Crippen LogP contribution < -0.4 is 16.6 Å². The molecule has 1 saturated heterocycles. The number of aryl methyl sites for hydroxylation is 1. The number of nitrogens with zero attached hydrogens (tertiary/aromatic N) is 3. The second-order valence-electron chi connectivity index (χ2n) is 9.77. The maximum Gasteiger partial charge on any atom is 0.329 e. The number of rotatable bonds is 6. The van der Waals surface area contributed by atoms with E-state index in [0.717, 1.165) is 50.4 Å². The molecule has 8 heteroatoms. The third kappa shape index (κ3) is 4.25. The molecule has 2 aromatic heterocycles. The largest absolute Gasteiger partial charge is 0.349 e. The summed E-state index contributed by atoms with van der Waals surface area (Å²) in [7, 11) is 0. The fraction of sp³-hybridized carbons (Fsp3) is 0.667. The highest BCUT2D eigenvalue weighted by Crippen LogP contribution is 2.40. The summed E-state index contributed by atoms with van der Waals surface area (Å²) in [6, 6.07) is 1.87. The Morgan fingerprint density at radius 2 is 1.84 bits per heavy atom. The first-order chi connectivity index (χ1) is 15.5. The van der Waals surface area contributed by atoms with Gasteiger partial charge in [0.05, 0.1) is 10.9 Å². The number of piperidine rings is 1. The predicted octanol–water partition coefficient (Wildman–Crippen LogP) is 2.37. The lowest BCUT2D eigenvalue weighted by molar-refractivity contribution is 0.0907. The maximum absolute atomic E-state index is 13.3. The van der Waals surface area contributed by atoms with Gasteiger partial charge in [-0.25, -0.2) is 9.78 Å². The van der Waals surface area contributed by atoms with Crippen molar-refractivity contribution in [2.45, 2.75) is 76.8 Å². The quantitative estimate of drug-likeness (QED) is 0.720. The number of aromatic nitrogens is 3. The summed E-state index contributed by atoms with van der Waals surface area (Å²) < 4.78 is 1.45. The predicted molar refractivity (Wildman–Crippen MR) is 123 cm³/mol. The summed E-state index contributed by atoms with van der Waals surface area (Å²) in [4.78, 5) is 47.9. The Bertz CT molecular complexity index is 1120. The molecule has 2 N–H and O–H groups in total. The van der Waals surface area contributed by atoms with Crippen LogP contribution in [0.2, 0.25) is 0 Å². The standard InChI is InChI=1S/C24H33N5O3/c1-2-29-21-20(23(31)27-24(29)32)18(13-19(26-21)16-7-8-16)22(30)25-17-9-11-28(12-10-17)14-15-5-3-4-6-15/h13,15-17H,2-12,14H2,1H3,(H,25,30)(H,27,31,32). The highest BCUT2D eigenvalue weighted by molar-refractivity contribution is 6.05. The van der Waals surface area contributed by atoms with Gasteiger partial charge in [0.25, 0.3) is 11.5 Å². The van der Waals surface area contributed by atoms with E-state index in [1.54, 1.807) is 6.07 Å². The van der Waals surface area contributed by atoms with Crippen LogP contribution in [0.4, 0.5) is 0 Å². The van der Waals surface area contributed by atoms with Crippen LogP contribution in [0.3, 0.4) is 0 Å². The third-order valence-corrected chi connectivity index (χ3v) is 7.44. The van der Waals surface area contributed by atoms with Crippen LogP contribution in [-0.2, 0) is 6.54 Å². The van der Waals surface area contributed by atoms with Gasteiger partial charge in [-0.15, -0.1) is 0 Å². The number of H-pyrrole nitrogens is 1. The highest BCUT2D eigenvalue weighted by Gasteiger charge is 2.30. The molecule has 0 bridgehead atoms. The van der Waals surface area contributed by atoms with Crippen LogP contribution in [0.15, 0.2) is 15.7 Å². The minimum Gasteiger partial charge on any atom is -0.349 e. The Morgan fingerprint density at radius 1 is 1.12 bits per heavy atom. The molecule has 172 valence electrons. The average molecular weight is 440 g/mol. The van der Waals surface area contributed by atoms with Gasteiger partial charge in [0, 0.05) is 43.8 Å². The molecule has 3 heterocycles. The van der Waals surface area contributed by atoms with Gasteiger partial charge >= 0.3 is 5.69 Å². The van der Waals surface area contributed by atoms with E-state index in [2.05, 4.69) is 20.2 Å². The zero-order valence-corrected chi connectivity index (χ0v) is 18.9. The molecule has 1 amide bonds. The SMILES string of the molecule is CCn1c(=O)[nH]c(=O)c2c(C(=O)NC3CCN(CC4CCCC4)CC3)cc(C3CC3)nc21. The van der Waals surface area contributed by atoms with Crippen molar-refractivity contribution in [3.05, 3.63) is 38.2 Å². The molecule has 2 aromatic rings. The molecular weight excluding hydrogens is 406 g/mol. The van der Waals surface area contributed by atoms with Crippen LogP contribution in [0.25, 0.3) is 11.0 Å². The number of fused-ring (bicyclic) bond motifs is 1. The lowest BCUT2D eigenvalue weighted by atomic mass is 10.0. The van der Waals surface area contributed by atoms with E-state index in [-0.39, 0.29) is 17.3 Å². The van der Waals surface area contributed by atoms with E-state index >= 15 is 0 Å². The monoisotopic (exact) mass is 439 g/mol. The number of hydrogen-bond acceptors (Lipinski definition) is 5. The van der Waals surface area contributed by atoms with Crippen molar-refractivity contribution in [2.24, 2.45) is 5.92 Å². The Balaban J connectivity index is 1.36. The van der Waals surface area contributed by atoms with E-state index in [1.165, 1.54) is 36.8 Å². The van der Waals surface area contributed by atoms with Gasteiger partial charge in [0.2, 0.25) is 0 Å². The van der Waals surface area contributed by atoms with E-state index in [1.807, 2.05) is 6.92 Å². The average Bonchev–Trinajstić information content (AvgIpc) is 3.51. The maximum atomic E-state index is 13.3. The van der Waals surface area contributed by atoms with Crippen molar-refractivity contribution in [3.63, 3.8) is 0 Å². The molecule has 0 aromatic carbocycles. The zero-order chi connectivity index (χ0) is 22.2. The molecule has 0 spiro atoms. The number of aromatic amines is 1. The number of carbonyl (C=O) groups is 1. The Labute approximate surface area is 187 Å². The van der Waals surface area contributed by atoms with Crippen LogP contribution in [0, 0.1) is 5.92 Å². The third-order valence-electron chi connectivity index (χ3n) is 7.44. The van der Waals surface area contributed by atoms with Crippen molar-refractivity contribution in [2.75, 3.05) is 19.6 Å². The summed E-state index contributed by atoms with van der Waals surface area (Å²) in [6.45, 7) is 5.41. The van der Waals surface area contributed by atoms with Crippen LogP contribution in [0.5, 0.6) is 0 Å². The second kappa shape index (κ2) is 8.81. The first-order valence-corrected chi connectivity index (χ1v) is 12.2. The summed E-state index contributed by atoms with van der Waals surface area (Å²) in [5.41, 5.74) is 0.449. The minimum absolute atomic E-state index is 0.103. The van der Waals surface area contributed by atoms with Gasteiger partial charge < -0.3 is 10.2 Å². The molecule has 2 saturated carbocycles. The van der Waals surface area contributed by atoms with Gasteiger partial charge in [0.15, 0.2) is 5.65 Å². The first-order valence-electron chi connectivity index (χ1n) is 12.2. The van der Waals surface area contributed by atoms with Crippen molar-refractivity contribution < 1.29 is 4.79 Å². The fourth-order valence-corrected chi connectivity index (χ4v) is 5.44. The molecule has 0 unspecified atom stereocenters.